The summed E-state index contributed by atoms with van der Waals surface area (Å²) in [4.78, 5) is 0. The molecule has 0 amide bonds. The van der Waals surface area contributed by atoms with Crippen LogP contribution in [0.1, 0.15) is 45.2 Å². The number of benzene rings is 1. The molecule has 20 heavy (non-hydrogen) atoms. The highest BCUT2D eigenvalue weighted by molar-refractivity contribution is 5.29. The Bertz CT molecular complexity index is 387. The standard InChI is InChI=1S/C15H22F3NO/c1-4-9-19-14(10-15(16,17)18)12-5-7-13(8-6-12)20-11(2)3/h5-8,11,14,19H,4,9-10H2,1-3H3. The molecule has 0 bridgehead atoms. The van der Waals surface area contributed by atoms with Crippen LogP contribution in [0.25, 0.3) is 0 Å². The molecule has 0 spiro atoms. The molecule has 0 radical (unpaired) electrons. The van der Waals surface area contributed by atoms with Gasteiger partial charge in [-0.25, -0.2) is 0 Å². The van der Waals surface area contributed by atoms with Crippen LogP contribution in [0.4, 0.5) is 13.2 Å². The SMILES string of the molecule is CCCNC(CC(F)(F)F)c1ccc(OC(C)C)cc1. The van der Waals surface area contributed by atoms with E-state index in [2.05, 4.69) is 5.32 Å². The molecule has 1 N–H and O–H groups in total. The highest BCUT2D eigenvalue weighted by atomic mass is 19.4. The number of nitrogens with one attached hydrogen (secondary N) is 1. The molecule has 0 saturated heterocycles. The molecule has 5 heteroatoms. The molecule has 1 rings (SSSR count). The Morgan fingerprint density at radius 1 is 1.15 bits per heavy atom. The Balaban J connectivity index is 2.79. The lowest BCUT2D eigenvalue weighted by Crippen LogP contribution is -2.27. The average molecular weight is 289 g/mol. The molecule has 1 unspecified atom stereocenters. The second kappa shape index (κ2) is 7.53. The van der Waals surface area contributed by atoms with Gasteiger partial charge in [-0.3, -0.25) is 0 Å². The summed E-state index contributed by atoms with van der Waals surface area (Å²) in [5.41, 5.74) is 0.631. The number of halogens is 3. The summed E-state index contributed by atoms with van der Waals surface area (Å²) in [6, 6.07) is 6.11. The summed E-state index contributed by atoms with van der Waals surface area (Å²) in [6.45, 7) is 6.30. The Kier molecular flexibility index (Phi) is 6.33. The quantitative estimate of drug-likeness (QED) is 0.799. The van der Waals surface area contributed by atoms with Gasteiger partial charge in [-0.2, -0.15) is 13.2 Å². The third-order valence-corrected chi connectivity index (χ3v) is 2.73. The van der Waals surface area contributed by atoms with E-state index in [-0.39, 0.29) is 6.10 Å². The number of hydrogen-bond donors (Lipinski definition) is 1. The summed E-state index contributed by atoms with van der Waals surface area (Å²) >= 11 is 0. The molecule has 0 fully saturated rings. The maximum Gasteiger partial charge on any atom is 0.390 e. The highest BCUT2D eigenvalue weighted by Crippen LogP contribution is 2.30. The van der Waals surface area contributed by atoms with Crippen LogP contribution in [-0.2, 0) is 0 Å². The van der Waals surface area contributed by atoms with Crippen LogP contribution in [0, 0.1) is 0 Å². The first-order chi connectivity index (χ1) is 9.31. The van der Waals surface area contributed by atoms with Crippen molar-refractivity contribution in [1.29, 1.82) is 0 Å². The van der Waals surface area contributed by atoms with Gasteiger partial charge < -0.3 is 10.1 Å². The molecule has 2 nitrogen and oxygen atoms in total. The van der Waals surface area contributed by atoms with Gasteiger partial charge in [-0.15, -0.1) is 0 Å². The first-order valence-corrected chi connectivity index (χ1v) is 6.88. The molecule has 0 aliphatic heterocycles. The van der Waals surface area contributed by atoms with Crippen molar-refractivity contribution in [2.45, 2.75) is 51.9 Å². The van der Waals surface area contributed by atoms with Crippen LogP contribution in [0.15, 0.2) is 24.3 Å². The minimum atomic E-state index is -4.18. The highest BCUT2D eigenvalue weighted by Gasteiger charge is 2.32. The molecule has 0 aromatic heterocycles. The van der Waals surface area contributed by atoms with Gasteiger partial charge in [0.2, 0.25) is 0 Å². The van der Waals surface area contributed by atoms with Gasteiger partial charge in [0.15, 0.2) is 0 Å². The summed E-state index contributed by atoms with van der Waals surface area (Å²) in [6.07, 6.45) is -4.20. The first-order valence-electron chi connectivity index (χ1n) is 6.88. The number of rotatable bonds is 7. The monoisotopic (exact) mass is 289 g/mol. The number of ether oxygens (including phenoxy) is 1. The predicted octanol–water partition coefficient (Wildman–Crippen LogP) is 4.47. The van der Waals surface area contributed by atoms with E-state index in [0.29, 0.717) is 17.9 Å². The summed E-state index contributed by atoms with van der Waals surface area (Å²) < 4.78 is 43.3. The van der Waals surface area contributed by atoms with Gasteiger partial charge in [0, 0.05) is 6.04 Å². The average Bonchev–Trinajstić information content (AvgIpc) is 2.33. The van der Waals surface area contributed by atoms with Gasteiger partial charge in [0.25, 0.3) is 0 Å². The molecular weight excluding hydrogens is 267 g/mol. The first kappa shape index (κ1) is 16.8. The second-order valence-electron chi connectivity index (χ2n) is 5.06. The minimum Gasteiger partial charge on any atom is -0.491 e. The van der Waals surface area contributed by atoms with Gasteiger partial charge in [0.1, 0.15) is 5.75 Å². The second-order valence-corrected chi connectivity index (χ2v) is 5.06. The Labute approximate surface area is 118 Å². The normalized spacial score (nSPS) is 13.6. The van der Waals surface area contributed by atoms with Crippen molar-refractivity contribution in [3.05, 3.63) is 29.8 Å². The lowest BCUT2D eigenvalue weighted by molar-refractivity contribution is -0.140. The molecule has 1 aromatic rings. The smallest absolute Gasteiger partial charge is 0.390 e. The van der Waals surface area contributed by atoms with Crippen molar-refractivity contribution in [3.8, 4) is 5.75 Å². The van der Waals surface area contributed by atoms with Crippen molar-refractivity contribution >= 4 is 0 Å². The maximum absolute atomic E-state index is 12.6. The van der Waals surface area contributed by atoms with E-state index in [1.807, 2.05) is 20.8 Å². The van der Waals surface area contributed by atoms with Gasteiger partial charge >= 0.3 is 6.18 Å². The Morgan fingerprint density at radius 2 is 1.75 bits per heavy atom. The maximum atomic E-state index is 12.6. The largest absolute Gasteiger partial charge is 0.491 e. The molecular formula is C15H22F3NO. The molecule has 1 atom stereocenters. The van der Waals surface area contributed by atoms with E-state index in [4.69, 9.17) is 4.74 Å². The van der Waals surface area contributed by atoms with Crippen LogP contribution in [0.5, 0.6) is 5.75 Å². The van der Waals surface area contributed by atoms with E-state index < -0.39 is 18.6 Å². The van der Waals surface area contributed by atoms with Gasteiger partial charge in [0.05, 0.1) is 12.5 Å². The van der Waals surface area contributed by atoms with Crippen LogP contribution in [-0.4, -0.2) is 18.8 Å². The lowest BCUT2D eigenvalue weighted by atomic mass is 10.0. The zero-order chi connectivity index (χ0) is 15.2. The van der Waals surface area contributed by atoms with E-state index in [1.165, 1.54) is 0 Å². The Hall–Kier alpha value is -1.23. The molecule has 114 valence electrons. The fourth-order valence-corrected chi connectivity index (χ4v) is 1.91. The van der Waals surface area contributed by atoms with Crippen molar-refractivity contribution in [2.24, 2.45) is 0 Å². The van der Waals surface area contributed by atoms with Gasteiger partial charge in [-0.05, 0) is 44.5 Å². The Morgan fingerprint density at radius 3 is 2.20 bits per heavy atom. The van der Waals surface area contributed by atoms with E-state index in [1.54, 1.807) is 24.3 Å². The van der Waals surface area contributed by atoms with Crippen molar-refractivity contribution < 1.29 is 17.9 Å². The fourth-order valence-electron chi connectivity index (χ4n) is 1.91. The van der Waals surface area contributed by atoms with E-state index in [0.717, 1.165) is 6.42 Å². The topological polar surface area (TPSA) is 21.3 Å². The summed E-state index contributed by atoms with van der Waals surface area (Å²) in [7, 11) is 0. The zero-order valence-electron chi connectivity index (χ0n) is 12.1. The van der Waals surface area contributed by atoms with Crippen molar-refractivity contribution in [3.63, 3.8) is 0 Å². The van der Waals surface area contributed by atoms with Crippen molar-refractivity contribution in [1.82, 2.24) is 5.32 Å². The number of hydrogen-bond acceptors (Lipinski definition) is 2. The summed E-state index contributed by atoms with van der Waals surface area (Å²) in [5, 5.41) is 2.94. The van der Waals surface area contributed by atoms with Gasteiger partial charge in [-0.1, -0.05) is 19.1 Å². The van der Waals surface area contributed by atoms with Crippen LogP contribution >= 0.6 is 0 Å². The summed E-state index contributed by atoms with van der Waals surface area (Å²) in [5.74, 6) is 0.671. The predicted molar refractivity (Wildman–Crippen MR) is 73.9 cm³/mol. The third-order valence-electron chi connectivity index (χ3n) is 2.73. The zero-order valence-corrected chi connectivity index (χ0v) is 12.1. The third kappa shape index (κ3) is 6.28. The van der Waals surface area contributed by atoms with Crippen LogP contribution in [0.2, 0.25) is 0 Å². The molecule has 1 aromatic carbocycles. The van der Waals surface area contributed by atoms with Crippen LogP contribution in [0.3, 0.4) is 0 Å². The van der Waals surface area contributed by atoms with E-state index >= 15 is 0 Å². The molecule has 0 heterocycles. The molecule has 0 aliphatic rings. The van der Waals surface area contributed by atoms with Crippen LogP contribution < -0.4 is 10.1 Å². The minimum absolute atomic E-state index is 0.0463. The molecule has 0 aliphatic carbocycles. The lowest BCUT2D eigenvalue weighted by Gasteiger charge is -2.21. The van der Waals surface area contributed by atoms with Crippen molar-refractivity contribution in [2.75, 3.05) is 6.54 Å². The van der Waals surface area contributed by atoms with E-state index in [9.17, 15) is 13.2 Å². The number of alkyl halides is 3. The fraction of sp³-hybridized carbons (Fsp3) is 0.600. The molecule has 0 saturated carbocycles.